The Balaban J connectivity index is 1.58. The fourth-order valence-corrected chi connectivity index (χ4v) is 2.99. The van der Waals surface area contributed by atoms with Crippen molar-refractivity contribution in [2.75, 3.05) is 23.8 Å². The summed E-state index contributed by atoms with van der Waals surface area (Å²) in [4.78, 5) is 11.3. The van der Waals surface area contributed by atoms with E-state index in [-0.39, 0.29) is 12.5 Å². The number of benzene rings is 1. The minimum absolute atomic E-state index is 0.0871. The smallest absolute Gasteiger partial charge is 0.262 e. The van der Waals surface area contributed by atoms with Crippen LogP contribution in [0.5, 0.6) is 5.75 Å². The summed E-state index contributed by atoms with van der Waals surface area (Å²) in [5, 5.41) is 6.33. The van der Waals surface area contributed by atoms with E-state index in [0.29, 0.717) is 0 Å². The van der Waals surface area contributed by atoms with Crippen LogP contribution in [0.3, 0.4) is 0 Å². The van der Waals surface area contributed by atoms with E-state index in [1.807, 2.05) is 18.2 Å². The summed E-state index contributed by atoms with van der Waals surface area (Å²) in [7, 11) is 0. The van der Waals surface area contributed by atoms with Crippen molar-refractivity contribution in [3.05, 3.63) is 18.2 Å². The maximum Gasteiger partial charge on any atom is 0.262 e. The molecular formula is C16H22N2O2. The predicted octanol–water partition coefficient (Wildman–Crippen LogP) is 3.26. The average Bonchev–Trinajstić information content (AvgIpc) is 2.46. The normalized spacial score (nSPS) is 25.4. The van der Waals surface area contributed by atoms with Crippen LogP contribution in [0.15, 0.2) is 18.2 Å². The zero-order chi connectivity index (χ0) is 13.9. The van der Waals surface area contributed by atoms with E-state index in [1.54, 1.807) is 0 Å². The van der Waals surface area contributed by atoms with Gasteiger partial charge in [0.2, 0.25) is 0 Å². The molecule has 1 aromatic carbocycles. The Morgan fingerprint density at radius 2 is 2.10 bits per heavy atom. The number of anilines is 2. The van der Waals surface area contributed by atoms with Gasteiger partial charge in [-0.2, -0.15) is 0 Å². The number of ether oxygens (including phenoxy) is 1. The Hall–Kier alpha value is -1.71. The van der Waals surface area contributed by atoms with E-state index in [4.69, 9.17) is 4.74 Å². The highest BCUT2D eigenvalue weighted by Crippen LogP contribution is 2.32. The summed E-state index contributed by atoms with van der Waals surface area (Å²) < 4.78 is 5.36. The topological polar surface area (TPSA) is 50.4 Å². The molecule has 1 amide bonds. The van der Waals surface area contributed by atoms with Crippen molar-refractivity contribution < 1.29 is 9.53 Å². The van der Waals surface area contributed by atoms with Gasteiger partial charge in [-0.15, -0.1) is 0 Å². The summed E-state index contributed by atoms with van der Waals surface area (Å²) in [6.45, 7) is 3.47. The van der Waals surface area contributed by atoms with E-state index in [0.717, 1.165) is 35.5 Å². The molecule has 0 saturated heterocycles. The van der Waals surface area contributed by atoms with Gasteiger partial charge in [0, 0.05) is 12.2 Å². The molecule has 2 N–H and O–H groups in total. The second-order valence-electron chi connectivity index (χ2n) is 6.05. The lowest BCUT2D eigenvalue weighted by Crippen LogP contribution is -2.25. The standard InChI is InChI=1S/C16H22N2O2/c1-11-2-4-12(5-3-11)9-17-13-6-7-15-14(8-13)18-16(19)10-20-15/h6-8,11-12,17H,2-5,9-10H2,1H3,(H,18,19). The van der Waals surface area contributed by atoms with E-state index < -0.39 is 0 Å². The summed E-state index contributed by atoms with van der Waals surface area (Å²) in [5.41, 5.74) is 1.82. The van der Waals surface area contributed by atoms with Gasteiger partial charge in [-0.3, -0.25) is 4.79 Å². The number of rotatable bonds is 3. The molecule has 0 radical (unpaired) electrons. The van der Waals surface area contributed by atoms with Crippen LogP contribution in [0.2, 0.25) is 0 Å². The Morgan fingerprint density at radius 3 is 2.90 bits per heavy atom. The van der Waals surface area contributed by atoms with Gasteiger partial charge in [-0.1, -0.05) is 19.8 Å². The number of amides is 1. The average molecular weight is 274 g/mol. The summed E-state index contributed by atoms with van der Waals surface area (Å²) >= 11 is 0. The molecular weight excluding hydrogens is 252 g/mol. The van der Waals surface area contributed by atoms with Crippen LogP contribution in [-0.4, -0.2) is 19.1 Å². The van der Waals surface area contributed by atoms with Crippen molar-refractivity contribution in [2.24, 2.45) is 11.8 Å². The number of hydrogen-bond acceptors (Lipinski definition) is 3. The third kappa shape index (κ3) is 3.06. The minimum atomic E-state index is -0.0871. The molecule has 1 aliphatic carbocycles. The Kier molecular flexibility index (Phi) is 3.81. The number of carbonyl (C=O) groups excluding carboxylic acids is 1. The van der Waals surface area contributed by atoms with Crippen molar-refractivity contribution in [1.82, 2.24) is 0 Å². The number of hydrogen-bond donors (Lipinski definition) is 2. The van der Waals surface area contributed by atoms with Crippen molar-refractivity contribution in [3.63, 3.8) is 0 Å². The largest absolute Gasteiger partial charge is 0.482 e. The lowest BCUT2D eigenvalue weighted by Gasteiger charge is -2.27. The number of nitrogens with one attached hydrogen (secondary N) is 2. The van der Waals surface area contributed by atoms with Gasteiger partial charge >= 0.3 is 0 Å². The van der Waals surface area contributed by atoms with Gasteiger partial charge in [-0.05, 0) is 42.9 Å². The van der Waals surface area contributed by atoms with Gasteiger partial charge in [0.15, 0.2) is 6.61 Å². The first-order chi connectivity index (χ1) is 9.70. The quantitative estimate of drug-likeness (QED) is 0.889. The molecule has 1 saturated carbocycles. The van der Waals surface area contributed by atoms with Crippen molar-refractivity contribution >= 4 is 17.3 Å². The minimum Gasteiger partial charge on any atom is -0.482 e. The Bertz CT molecular complexity index is 493. The van der Waals surface area contributed by atoms with Crippen LogP contribution in [0.25, 0.3) is 0 Å². The highest BCUT2D eigenvalue weighted by molar-refractivity contribution is 5.95. The van der Waals surface area contributed by atoms with Crippen LogP contribution >= 0.6 is 0 Å². The van der Waals surface area contributed by atoms with Crippen LogP contribution in [0, 0.1) is 11.8 Å². The van der Waals surface area contributed by atoms with Crippen LogP contribution in [-0.2, 0) is 4.79 Å². The monoisotopic (exact) mass is 274 g/mol. The van der Waals surface area contributed by atoms with Crippen LogP contribution < -0.4 is 15.4 Å². The third-order valence-electron chi connectivity index (χ3n) is 4.34. The van der Waals surface area contributed by atoms with Gasteiger partial charge in [0.1, 0.15) is 5.75 Å². The Morgan fingerprint density at radius 1 is 1.30 bits per heavy atom. The van der Waals surface area contributed by atoms with E-state index in [1.165, 1.54) is 25.7 Å². The second kappa shape index (κ2) is 5.73. The fraction of sp³-hybridized carbons (Fsp3) is 0.562. The molecule has 108 valence electrons. The molecule has 4 nitrogen and oxygen atoms in total. The highest BCUT2D eigenvalue weighted by Gasteiger charge is 2.19. The van der Waals surface area contributed by atoms with E-state index in [9.17, 15) is 4.79 Å². The molecule has 1 heterocycles. The zero-order valence-electron chi connectivity index (χ0n) is 11.9. The molecule has 0 unspecified atom stereocenters. The molecule has 1 fully saturated rings. The van der Waals surface area contributed by atoms with E-state index >= 15 is 0 Å². The maximum absolute atomic E-state index is 11.3. The maximum atomic E-state index is 11.3. The lowest BCUT2D eigenvalue weighted by atomic mass is 9.83. The van der Waals surface area contributed by atoms with Crippen molar-refractivity contribution in [1.29, 1.82) is 0 Å². The third-order valence-corrected chi connectivity index (χ3v) is 4.34. The molecule has 2 aliphatic rings. The Labute approximate surface area is 119 Å². The van der Waals surface area contributed by atoms with Gasteiger partial charge in [0.05, 0.1) is 5.69 Å². The van der Waals surface area contributed by atoms with Gasteiger partial charge < -0.3 is 15.4 Å². The first kappa shape index (κ1) is 13.3. The first-order valence-corrected chi connectivity index (χ1v) is 7.51. The SMILES string of the molecule is CC1CCC(CNc2ccc3c(c2)NC(=O)CO3)CC1. The van der Waals surface area contributed by atoms with Crippen LogP contribution in [0.1, 0.15) is 32.6 Å². The molecule has 3 rings (SSSR count). The molecule has 1 aromatic rings. The fourth-order valence-electron chi connectivity index (χ4n) is 2.99. The lowest BCUT2D eigenvalue weighted by molar-refractivity contribution is -0.118. The van der Waals surface area contributed by atoms with Crippen molar-refractivity contribution in [2.45, 2.75) is 32.6 Å². The highest BCUT2D eigenvalue weighted by atomic mass is 16.5. The molecule has 20 heavy (non-hydrogen) atoms. The predicted molar refractivity (Wildman–Crippen MR) is 80.2 cm³/mol. The molecule has 0 atom stereocenters. The molecule has 4 heteroatoms. The summed E-state index contributed by atoms with van der Waals surface area (Å²) in [6, 6.07) is 5.89. The van der Waals surface area contributed by atoms with Crippen molar-refractivity contribution in [3.8, 4) is 5.75 Å². The first-order valence-electron chi connectivity index (χ1n) is 7.51. The zero-order valence-corrected chi connectivity index (χ0v) is 11.9. The second-order valence-corrected chi connectivity index (χ2v) is 6.05. The van der Waals surface area contributed by atoms with Crippen LogP contribution in [0.4, 0.5) is 11.4 Å². The number of carbonyl (C=O) groups is 1. The molecule has 0 aromatic heterocycles. The summed E-state index contributed by atoms with van der Waals surface area (Å²) in [6.07, 6.45) is 5.33. The molecule has 0 spiro atoms. The molecule has 0 bridgehead atoms. The summed E-state index contributed by atoms with van der Waals surface area (Å²) in [5.74, 6) is 2.33. The van der Waals surface area contributed by atoms with Gasteiger partial charge in [-0.25, -0.2) is 0 Å². The molecule has 1 aliphatic heterocycles. The van der Waals surface area contributed by atoms with E-state index in [2.05, 4.69) is 17.6 Å². The van der Waals surface area contributed by atoms with Gasteiger partial charge in [0.25, 0.3) is 5.91 Å². The number of fused-ring (bicyclic) bond motifs is 1.